The van der Waals surface area contributed by atoms with Crippen LogP contribution in [0.1, 0.15) is 30.4 Å². The summed E-state index contributed by atoms with van der Waals surface area (Å²) in [5, 5.41) is 3.51. The Balaban J connectivity index is 1.64. The van der Waals surface area contributed by atoms with Crippen molar-refractivity contribution in [3.63, 3.8) is 0 Å². The number of hydrogen-bond donors (Lipinski definition) is 1. The van der Waals surface area contributed by atoms with E-state index in [2.05, 4.69) is 71.7 Å². The number of benzene rings is 2. The summed E-state index contributed by atoms with van der Waals surface area (Å²) in [7, 11) is 0. The van der Waals surface area contributed by atoms with E-state index in [4.69, 9.17) is 9.97 Å². The van der Waals surface area contributed by atoms with E-state index in [-0.39, 0.29) is 0 Å². The second-order valence-electron chi connectivity index (χ2n) is 7.13. The van der Waals surface area contributed by atoms with Gasteiger partial charge in [0, 0.05) is 31.3 Å². The number of nitrogens with zero attached hydrogens (tertiary/aromatic N) is 3. The smallest absolute Gasteiger partial charge is 0.227 e. The second-order valence-corrected chi connectivity index (χ2v) is 7.13. The van der Waals surface area contributed by atoms with Gasteiger partial charge in [-0.05, 0) is 37.3 Å². The molecule has 1 N–H and O–H groups in total. The van der Waals surface area contributed by atoms with Crippen LogP contribution in [0.2, 0.25) is 0 Å². The lowest BCUT2D eigenvalue weighted by Crippen LogP contribution is -2.31. The lowest BCUT2D eigenvalue weighted by molar-refractivity contribution is 0.568. The van der Waals surface area contributed by atoms with Gasteiger partial charge in [-0.2, -0.15) is 4.98 Å². The van der Waals surface area contributed by atoms with Gasteiger partial charge in [0.05, 0.1) is 5.69 Å². The van der Waals surface area contributed by atoms with Crippen molar-refractivity contribution in [2.24, 2.45) is 0 Å². The Hall–Kier alpha value is -2.88. The molecule has 1 aliphatic rings. The van der Waals surface area contributed by atoms with Crippen LogP contribution in [0.3, 0.4) is 0 Å². The fourth-order valence-electron chi connectivity index (χ4n) is 3.51. The first-order valence-electron chi connectivity index (χ1n) is 9.77. The van der Waals surface area contributed by atoms with E-state index in [1.165, 1.54) is 30.4 Å². The van der Waals surface area contributed by atoms with Crippen molar-refractivity contribution in [2.45, 2.75) is 32.7 Å². The van der Waals surface area contributed by atoms with Crippen molar-refractivity contribution in [2.75, 3.05) is 23.3 Å². The number of aromatic nitrogens is 2. The predicted octanol–water partition coefficient (Wildman–Crippen LogP) is 5.05. The number of hydrogen-bond acceptors (Lipinski definition) is 4. The lowest BCUT2D eigenvalue weighted by atomic mass is 10.1. The van der Waals surface area contributed by atoms with Crippen molar-refractivity contribution < 1.29 is 0 Å². The van der Waals surface area contributed by atoms with Gasteiger partial charge in [-0.1, -0.05) is 54.6 Å². The van der Waals surface area contributed by atoms with Gasteiger partial charge in [0.1, 0.15) is 5.82 Å². The molecule has 0 unspecified atom stereocenters. The number of aryl methyl sites for hydroxylation is 1. The average Bonchev–Trinajstić information content (AvgIpc) is 2.74. The topological polar surface area (TPSA) is 41.1 Å². The van der Waals surface area contributed by atoms with Crippen LogP contribution in [0.15, 0.2) is 60.7 Å². The third-order valence-corrected chi connectivity index (χ3v) is 5.14. The monoisotopic (exact) mass is 358 g/mol. The fourth-order valence-corrected chi connectivity index (χ4v) is 3.51. The minimum absolute atomic E-state index is 0.761. The van der Waals surface area contributed by atoms with Crippen LogP contribution in [0.5, 0.6) is 0 Å². The summed E-state index contributed by atoms with van der Waals surface area (Å²) in [5.74, 6) is 1.72. The fraction of sp³-hybridized carbons (Fsp3) is 0.304. The summed E-state index contributed by atoms with van der Waals surface area (Å²) < 4.78 is 0. The van der Waals surface area contributed by atoms with Crippen LogP contribution in [0.25, 0.3) is 11.3 Å². The maximum absolute atomic E-state index is 4.87. The molecule has 0 amide bonds. The Morgan fingerprint density at radius 2 is 1.63 bits per heavy atom. The molecular weight excluding hydrogens is 332 g/mol. The summed E-state index contributed by atoms with van der Waals surface area (Å²) in [6.07, 6.45) is 3.73. The van der Waals surface area contributed by atoms with E-state index in [0.29, 0.717) is 0 Å². The van der Waals surface area contributed by atoms with E-state index in [9.17, 15) is 0 Å². The summed E-state index contributed by atoms with van der Waals surface area (Å²) in [5.41, 5.74) is 4.67. The number of piperidine rings is 1. The Morgan fingerprint density at radius 3 is 2.41 bits per heavy atom. The molecule has 1 aliphatic heterocycles. The van der Waals surface area contributed by atoms with Gasteiger partial charge in [-0.15, -0.1) is 0 Å². The maximum Gasteiger partial charge on any atom is 0.227 e. The van der Waals surface area contributed by atoms with Gasteiger partial charge in [-0.25, -0.2) is 4.98 Å². The molecule has 0 saturated carbocycles. The van der Waals surface area contributed by atoms with E-state index in [1.807, 2.05) is 6.07 Å². The highest BCUT2D eigenvalue weighted by atomic mass is 15.3. The van der Waals surface area contributed by atoms with Gasteiger partial charge < -0.3 is 10.2 Å². The van der Waals surface area contributed by atoms with Crippen molar-refractivity contribution in [3.8, 4) is 11.3 Å². The van der Waals surface area contributed by atoms with Crippen LogP contribution in [-0.2, 0) is 6.54 Å². The van der Waals surface area contributed by atoms with E-state index in [1.54, 1.807) is 0 Å². The number of anilines is 2. The van der Waals surface area contributed by atoms with Crippen molar-refractivity contribution in [1.29, 1.82) is 0 Å². The minimum Gasteiger partial charge on any atom is -0.366 e. The maximum atomic E-state index is 4.87. The standard InChI is InChI=1S/C23H26N4/c1-18-10-6-7-13-20(18)17-24-22-16-21(19-11-4-2-5-12-19)25-23(26-22)27-14-8-3-9-15-27/h2,4-7,10-13,16H,3,8-9,14-15,17H2,1H3,(H,24,25,26). The molecule has 3 aromatic rings. The highest BCUT2D eigenvalue weighted by Gasteiger charge is 2.16. The molecule has 0 spiro atoms. The summed E-state index contributed by atoms with van der Waals surface area (Å²) in [4.78, 5) is 12.0. The zero-order valence-corrected chi connectivity index (χ0v) is 15.9. The molecule has 2 aromatic carbocycles. The Morgan fingerprint density at radius 1 is 0.889 bits per heavy atom. The van der Waals surface area contributed by atoms with Crippen LogP contribution in [0.4, 0.5) is 11.8 Å². The van der Waals surface area contributed by atoms with Crippen molar-refractivity contribution in [3.05, 3.63) is 71.8 Å². The summed E-state index contributed by atoms with van der Waals surface area (Å²) in [6.45, 7) is 4.98. The van der Waals surface area contributed by atoms with Gasteiger partial charge in [-0.3, -0.25) is 0 Å². The van der Waals surface area contributed by atoms with E-state index < -0.39 is 0 Å². The number of nitrogens with one attached hydrogen (secondary N) is 1. The molecule has 138 valence electrons. The molecule has 4 rings (SSSR count). The second kappa shape index (κ2) is 8.21. The first-order valence-corrected chi connectivity index (χ1v) is 9.77. The Labute approximate surface area is 161 Å². The van der Waals surface area contributed by atoms with Crippen LogP contribution in [0, 0.1) is 6.92 Å². The SMILES string of the molecule is Cc1ccccc1CNc1cc(-c2ccccc2)nc(N2CCCCC2)n1. The molecule has 0 atom stereocenters. The number of rotatable bonds is 5. The molecule has 27 heavy (non-hydrogen) atoms. The highest BCUT2D eigenvalue weighted by Crippen LogP contribution is 2.25. The summed E-state index contributed by atoms with van der Waals surface area (Å²) in [6, 6.07) is 20.9. The lowest BCUT2D eigenvalue weighted by Gasteiger charge is -2.27. The van der Waals surface area contributed by atoms with Gasteiger partial charge in [0.25, 0.3) is 0 Å². The third kappa shape index (κ3) is 4.27. The quantitative estimate of drug-likeness (QED) is 0.692. The third-order valence-electron chi connectivity index (χ3n) is 5.14. The minimum atomic E-state index is 0.761. The molecule has 1 aromatic heterocycles. The zero-order valence-electron chi connectivity index (χ0n) is 15.9. The Kier molecular flexibility index (Phi) is 5.33. The van der Waals surface area contributed by atoms with Gasteiger partial charge in [0.15, 0.2) is 0 Å². The molecule has 0 bridgehead atoms. The van der Waals surface area contributed by atoms with Gasteiger partial charge in [0.2, 0.25) is 5.95 Å². The first kappa shape index (κ1) is 17.5. The van der Waals surface area contributed by atoms with Crippen LogP contribution >= 0.6 is 0 Å². The largest absolute Gasteiger partial charge is 0.366 e. The normalized spacial score (nSPS) is 14.2. The summed E-state index contributed by atoms with van der Waals surface area (Å²) >= 11 is 0. The average molecular weight is 358 g/mol. The first-order chi connectivity index (χ1) is 13.3. The molecule has 4 heteroatoms. The van der Waals surface area contributed by atoms with Gasteiger partial charge >= 0.3 is 0 Å². The van der Waals surface area contributed by atoms with Crippen molar-refractivity contribution in [1.82, 2.24) is 9.97 Å². The molecule has 0 aliphatic carbocycles. The van der Waals surface area contributed by atoms with E-state index in [0.717, 1.165) is 42.7 Å². The zero-order chi connectivity index (χ0) is 18.5. The van der Waals surface area contributed by atoms with Crippen LogP contribution < -0.4 is 10.2 Å². The molecule has 2 heterocycles. The predicted molar refractivity (Wildman–Crippen MR) is 112 cm³/mol. The molecular formula is C23H26N4. The molecule has 1 fully saturated rings. The van der Waals surface area contributed by atoms with E-state index >= 15 is 0 Å². The van der Waals surface area contributed by atoms with Crippen LogP contribution in [-0.4, -0.2) is 23.1 Å². The molecule has 1 saturated heterocycles. The molecule has 4 nitrogen and oxygen atoms in total. The molecule has 0 radical (unpaired) electrons. The highest BCUT2D eigenvalue weighted by molar-refractivity contribution is 5.64. The van der Waals surface area contributed by atoms with Crippen molar-refractivity contribution >= 4 is 11.8 Å². The Bertz CT molecular complexity index is 886.